The molecular weight excluding hydrogens is 372 g/mol. The third kappa shape index (κ3) is 2.79. The highest BCUT2D eigenvalue weighted by Crippen LogP contribution is 2.54. The second kappa shape index (κ2) is 7.00. The number of amides is 1. The van der Waals surface area contributed by atoms with Crippen LogP contribution in [0.15, 0.2) is 12.4 Å². The van der Waals surface area contributed by atoms with E-state index in [1.807, 2.05) is 0 Å². The van der Waals surface area contributed by atoms with Gasteiger partial charge in [0.15, 0.2) is 5.82 Å². The predicted molar refractivity (Wildman–Crippen MR) is 104 cm³/mol. The van der Waals surface area contributed by atoms with Crippen molar-refractivity contribution in [3.8, 4) is 0 Å². The number of nitrogens with two attached hydrogens (primary N) is 1. The molecule has 152 valence electrons. The molecule has 0 bridgehead atoms. The standard InChI is InChI=1S/C20H24N6O3/c21-16-15-18(25-14(11-27)24-16)26(19(28)20(15)5-1-2-6-20)13-9-22-17(23-10-13)12-3-7-29-8-4-12/h9-10,12,27H,1-8,11H2,(H2,21,24,25). The number of rotatable bonds is 3. The number of aliphatic hydroxyl groups excluding tert-OH is 1. The van der Waals surface area contributed by atoms with Crippen LogP contribution in [0.5, 0.6) is 0 Å². The number of fused-ring (bicyclic) bond motifs is 2. The fourth-order valence-corrected chi connectivity index (χ4v) is 4.92. The van der Waals surface area contributed by atoms with Crippen molar-refractivity contribution < 1.29 is 14.6 Å². The number of carbonyl (C=O) groups excluding carboxylic acids is 1. The van der Waals surface area contributed by atoms with Gasteiger partial charge in [-0.15, -0.1) is 0 Å². The van der Waals surface area contributed by atoms with Crippen LogP contribution >= 0.6 is 0 Å². The largest absolute Gasteiger partial charge is 0.388 e. The van der Waals surface area contributed by atoms with E-state index >= 15 is 0 Å². The van der Waals surface area contributed by atoms with E-state index in [9.17, 15) is 9.90 Å². The monoisotopic (exact) mass is 396 g/mol. The first-order valence-corrected chi connectivity index (χ1v) is 10.2. The first-order chi connectivity index (χ1) is 14.1. The van der Waals surface area contributed by atoms with Crippen LogP contribution in [-0.4, -0.2) is 44.2 Å². The Kier molecular flexibility index (Phi) is 4.44. The minimum Gasteiger partial charge on any atom is -0.388 e. The number of nitrogens with zero attached hydrogens (tertiary/aromatic N) is 5. The molecule has 0 aromatic carbocycles. The highest BCUT2D eigenvalue weighted by Gasteiger charge is 2.55. The van der Waals surface area contributed by atoms with E-state index < -0.39 is 5.41 Å². The summed E-state index contributed by atoms with van der Waals surface area (Å²) in [4.78, 5) is 32.9. The van der Waals surface area contributed by atoms with Crippen LogP contribution in [0, 0.1) is 0 Å². The molecule has 3 N–H and O–H groups in total. The van der Waals surface area contributed by atoms with Gasteiger partial charge in [0, 0.05) is 19.1 Å². The van der Waals surface area contributed by atoms with Gasteiger partial charge in [-0.3, -0.25) is 9.69 Å². The predicted octanol–water partition coefficient (Wildman–Crippen LogP) is 1.73. The molecule has 5 rings (SSSR count). The average Bonchev–Trinajstić information content (AvgIpc) is 3.33. The lowest BCUT2D eigenvalue weighted by atomic mass is 9.80. The van der Waals surface area contributed by atoms with E-state index in [1.165, 1.54) is 0 Å². The van der Waals surface area contributed by atoms with Gasteiger partial charge >= 0.3 is 0 Å². The summed E-state index contributed by atoms with van der Waals surface area (Å²) in [6.45, 7) is 1.10. The molecule has 0 radical (unpaired) electrons. The minimum absolute atomic E-state index is 0.0523. The van der Waals surface area contributed by atoms with E-state index in [0.717, 1.165) is 57.6 Å². The number of anilines is 3. The Labute approximate surface area is 168 Å². The molecule has 29 heavy (non-hydrogen) atoms. The molecule has 3 aliphatic rings. The summed E-state index contributed by atoms with van der Waals surface area (Å²) in [7, 11) is 0. The van der Waals surface area contributed by atoms with Gasteiger partial charge in [0.25, 0.3) is 0 Å². The summed E-state index contributed by atoms with van der Waals surface area (Å²) in [6, 6.07) is 0. The summed E-state index contributed by atoms with van der Waals surface area (Å²) in [5.41, 5.74) is 6.81. The van der Waals surface area contributed by atoms with Gasteiger partial charge in [-0.05, 0) is 25.7 Å². The van der Waals surface area contributed by atoms with E-state index in [0.29, 0.717) is 17.1 Å². The quantitative estimate of drug-likeness (QED) is 0.803. The van der Waals surface area contributed by atoms with Gasteiger partial charge in [-0.1, -0.05) is 12.8 Å². The second-order valence-corrected chi connectivity index (χ2v) is 8.00. The van der Waals surface area contributed by atoms with Gasteiger partial charge in [-0.25, -0.2) is 19.9 Å². The first-order valence-electron chi connectivity index (χ1n) is 10.2. The van der Waals surface area contributed by atoms with E-state index in [2.05, 4.69) is 19.9 Å². The second-order valence-electron chi connectivity index (χ2n) is 8.00. The van der Waals surface area contributed by atoms with Crippen LogP contribution in [0.25, 0.3) is 0 Å². The fraction of sp³-hybridized carbons (Fsp3) is 0.550. The van der Waals surface area contributed by atoms with Gasteiger partial charge in [0.05, 0.1) is 29.1 Å². The van der Waals surface area contributed by atoms with Crippen LogP contribution in [0.3, 0.4) is 0 Å². The number of aromatic nitrogens is 4. The fourth-order valence-electron chi connectivity index (χ4n) is 4.92. The van der Waals surface area contributed by atoms with Crippen molar-refractivity contribution in [3.63, 3.8) is 0 Å². The van der Waals surface area contributed by atoms with Crippen molar-refractivity contribution >= 4 is 23.2 Å². The average molecular weight is 396 g/mol. The van der Waals surface area contributed by atoms with Crippen LogP contribution in [0.2, 0.25) is 0 Å². The molecule has 2 aliphatic heterocycles. The number of hydrogen-bond acceptors (Lipinski definition) is 8. The molecular formula is C20H24N6O3. The summed E-state index contributed by atoms with van der Waals surface area (Å²) >= 11 is 0. The van der Waals surface area contributed by atoms with Gasteiger partial charge in [0.2, 0.25) is 5.91 Å². The summed E-state index contributed by atoms with van der Waals surface area (Å²) in [5.74, 6) is 1.93. The minimum atomic E-state index is -0.688. The van der Waals surface area contributed by atoms with Crippen LogP contribution in [0.4, 0.5) is 17.3 Å². The normalized spacial score (nSPS) is 21.1. The third-order valence-electron chi connectivity index (χ3n) is 6.37. The first kappa shape index (κ1) is 18.4. The Balaban J connectivity index is 1.57. The molecule has 9 heteroatoms. The summed E-state index contributed by atoms with van der Waals surface area (Å²) in [6.07, 6.45) is 8.54. The molecule has 2 aromatic rings. The van der Waals surface area contributed by atoms with Crippen molar-refractivity contribution in [2.75, 3.05) is 23.8 Å². The maximum atomic E-state index is 13.6. The van der Waals surface area contributed by atoms with E-state index in [-0.39, 0.29) is 30.1 Å². The lowest BCUT2D eigenvalue weighted by Gasteiger charge is -2.23. The molecule has 9 nitrogen and oxygen atoms in total. The topological polar surface area (TPSA) is 127 Å². The van der Waals surface area contributed by atoms with Crippen LogP contribution in [0.1, 0.15) is 61.7 Å². The van der Waals surface area contributed by atoms with Gasteiger partial charge in [0.1, 0.15) is 24.1 Å². The maximum Gasteiger partial charge on any atom is 0.243 e. The Morgan fingerprint density at radius 1 is 1.17 bits per heavy atom. The number of aliphatic hydroxyl groups is 1. The zero-order chi connectivity index (χ0) is 20.0. The Morgan fingerprint density at radius 2 is 1.86 bits per heavy atom. The van der Waals surface area contributed by atoms with Crippen molar-refractivity contribution in [2.45, 2.75) is 56.5 Å². The van der Waals surface area contributed by atoms with Crippen molar-refractivity contribution in [3.05, 3.63) is 29.6 Å². The van der Waals surface area contributed by atoms with Crippen molar-refractivity contribution in [1.82, 2.24) is 19.9 Å². The van der Waals surface area contributed by atoms with E-state index in [4.69, 9.17) is 10.5 Å². The Bertz CT molecular complexity index is 936. The molecule has 2 fully saturated rings. The summed E-state index contributed by atoms with van der Waals surface area (Å²) in [5, 5.41) is 9.53. The van der Waals surface area contributed by atoms with Gasteiger partial charge in [-0.2, -0.15) is 0 Å². The summed E-state index contributed by atoms with van der Waals surface area (Å²) < 4.78 is 5.41. The zero-order valence-electron chi connectivity index (χ0n) is 16.2. The number of hydrogen-bond donors (Lipinski definition) is 2. The molecule has 2 aromatic heterocycles. The van der Waals surface area contributed by atoms with Crippen molar-refractivity contribution in [1.29, 1.82) is 0 Å². The number of carbonyl (C=O) groups is 1. The Hall–Kier alpha value is -2.65. The SMILES string of the molecule is Nc1nc(CO)nc2c1C1(CCCC1)C(=O)N2c1cnc(C2CCOCC2)nc1. The molecule has 0 unspecified atom stereocenters. The molecule has 1 saturated carbocycles. The number of ether oxygens (including phenoxy) is 1. The van der Waals surface area contributed by atoms with Crippen LogP contribution in [-0.2, 0) is 21.6 Å². The van der Waals surface area contributed by atoms with Crippen molar-refractivity contribution in [2.24, 2.45) is 0 Å². The maximum absolute atomic E-state index is 13.6. The molecule has 0 atom stereocenters. The molecule has 1 spiro atoms. The smallest absolute Gasteiger partial charge is 0.243 e. The molecule has 1 amide bonds. The molecule has 1 aliphatic carbocycles. The molecule has 4 heterocycles. The highest BCUT2D eigenvalue weighted by molar-refractivity contribution is 6.13. The Morgan fingerprint density at radius 3 is 2.52 bits per heavy atom. The lowest BCUT2D eigenvalue weighted by molar-refractivity contribution is -0.122. The highest BCUT2D eigenvalue weighted by atomic mass is 16.5. The third-order valence-corrected chi connectivity index (χ3v) is 6.37. The number of nitrogen functional groups attached to an aromatic ring is 1. The van der Waals surface area contributed by atoms with Gasteiger partial charge < -0.3 is 15.6 Å². The van der Waals surface area contributed by atoms with Crippen LogP contribution < -0.4 is 10.6 Å². The molecule has 1 saturated heterocycles. The van der Waals surface area contributed by atoms with E-state index in [1.54, 1.807) is 17.3 Å². The lowest BCUT2D eigenvalue weighted by Crippen LogP contribution is -2.36. The zero-order valence-corrected chi connectivity index (χ0v) is 16.2.